The summed E-state index contributed by atoms with van der Waals surface area (Å²) >= 11 is 0. The molecule has 1 aliphatic rings. The molecule has 0 unspecified atom stereocenters. The zero-order valence-electron chi connectivity index (χ0n) is 11.8. The Morgan fingerprint density at radius 1 is 1.17 bits per heavy atom. The number of nitrogens with one attached hydrogen (secondary N) is 1. The van der Waals surface area contributed by atoms with Gasteiger partial charge in [-0.3, -0.25) is 4.90 Å². The molecule has 1 aromatic carbocycles. The van der Waals surface area contributed by atoms with Gasteiger partial charge in [-0.25, -0.2) is 0 Å². The van der Waals surface area contributed by atoms with Crippen molar-refractivity contribution in [2.45, 2.75) is 39.8 Å². The Bertz CT molecular complexity index is 354. The molecule has 18 heavy (non-hydrogen) atoms. The van der Waals surface area contributed by atoms with Crippen LogP contribution in [0.25, 0.3) is 0 Å². The normalized spacial score (nSPS) is 16.6. The molecule has 0 bridgehead atoms. The smallest absolute Gasteiger partial charge is 0.0233 e. The summed E-state index contributed by atoms with van der Waals surface area (Å²) in [7, 11) is 0. The monoisotopic (exact) mass is 246 g/mol. The van der Waals surface area contributed by atoms with Gasteiger partial charge in [0.05, 0.1) is 0 Å². The molecule has 0 aromatic heterocycles. The number of benzene rings is 1. The molecule has 0 amide bonds. The van der Waals surface area contributed by atoms with Gasteiger partial charge in [0, 0.05) is 13.1 Å². The van der Waals surface area contributed by atoms with E-state index in [-0.39, 0.29) is 0 Å². The number of nitrogens with zero attached hydrogens (tertiary/aromatic N) is 1. The first-order valence-electron chi connectivity index (χ1n) is 7.25. The molecular weight excluding hydrogens is 220 g/mol. The van der Waals surface area contributed by atoms with Gasteiger partial charge in [0.15, 0.2) is 0 Å². The van der Waals surface area contributed by atoms with Crippen LogP contribution in [-0.4, -0.2) is 24.5 Å². The van der Waals surface area contributed by atoms with E-state index < -0.39 is 0 Å². The summed E-state index contributed by atoms with van der Waals surface area (Å²) in [6.07, 6.45) is 2.74. The van der Waals surface area contributed by atoms with Crippen LogP contribution in [0.5, 0.6) is 0 Å². The zero-order chi connectivity index (χ0) is 12.8. The standard InChI is InChI=1S/C16H26N2/c1-14(2)11-17-12-15-6-5-7-16(10-15)13-18-8-3-4-9-18/h5-7,10,14,17H,3-4,8-9,11-13H2,1-2H3. The predicted octanol–water partition coefficient (Wildman–Crippen LogP) is 3.03. The van der Waals surface area contributed by atoms with E-state index in [9.17, 15) is 0 Å². The lowest BCUT2D eigenvalue weighted by atomic mass is 10.1. The van der Waals surface area contributed by atoms with Crippen LogP contribution < -0.4 is 5.32 Å². The number of likely N-dealkylation sites (tertiary alicyclic amines) is 1. The Morgan fingerprint density at radius 2 is 1.89 bits per heavy atom. The summed E-state index contributed by atoms with van der Waals surface area (Å²) in [5.74, 6) is 0.720. The van der Waals surface area contributed by atoms with Gasteiger partial charge in [-0.05, 0) is 49.5 Å². The lowest BCUT2D eigenvalue weighted by Gasteiger charge is -2.15. The third-order valence-corrected chi connectivity index (χ3v) is 3.48. The van der Waals surface area contributed by atoms with E-state index in [1.54, 1.807) is 0 Å². The summed E-state index contributed by atoms with van der Waals surface area (Å²) in [6.45, 7) is 10.2. The Kier molecular flexibility index (Phi) is 5.21. The molecule has 1 saturated heterocycles. The zero-order valence-corrected chi connectivity index (χ0v) is 11.8. The van der Waals surface area contributed by atoms with Gasteiger partial charge >= 0.3 is 0 Å². The molecule has 1 aromatic rings. The van der Waals surface area contributed by atoms with Crippen LogP contribution in [0.1, 0.15) is 37.8 Å². The topological polar surface area (TPSA) is 15.3 Å². The van der Waals surface area contributed by atoms with Crippen LogP contribution in [0.4, 0.5) is 0 Å². The third-order valence-electron chi connectivity index (χ3n) is 3.48. The van der Waals surface area contributed by atoms with Crippen LogP contribution in [0.2, 0.25) is 0 Å². The molecular formula is C16H26N2. The second kappa shape index (κ2) is 6.91. The van der Waals surface area contributed by atoms with Crippen LogP contribution in [-0.2, 0) is 13.1 Å². The molecule has 0 atom stereocenters. The van der Waals surface area contributed by atoms with Crippen molar-refractivity contribution in [3.63, 3.8) is 0 Å². The fourth-order valence-electron chi connectivity index (χ4n) is 2.54. The van der Waals surface area contributed by atoms with Gasteiger partial charge in [0.1, 0.15) is 0 Å². The first-order chi connectivity index (χ1) is 8.74. The van der Waals surface area contributed by atoms with E-state index >= 15 is 0 Å². The molecule has 2 nitrogen and oxygen atoms in total. The summed E-state index contributed by atoms with van der Waals surface area (Å²) in [5.41, 5.74) is 2.87. The maximum atomic E-state index is 3.51. The Balaban J connectivity index is 1.84. The number of rotatable bonds is 6. The second-order valence-electron chi connectivity index (χ2n) is 5.83. The molecule has 1 N–H and O–H groups in total. The average Bonchev–Trinajstić information content (AvgIpc) is 2.82. The van der Waals surface area contributed by atoms with Gasteiger partial charge in [0.25, 0.3) is 0 Å². The lowest BCUT2D eigenvalue weighted by Crippen LogP contribution is -2.20. The highest BCUT2D eigenvalue weighted by Gasteiger charge is 2.11. The lowest BCUT2D eigenvalue weighted by molar-refractivity contribution is 0.331. The fraction of sp³-hybridized carbons (Fsp3) is 0.625. The van der Waals surface area contributed by atoms with Crippen LogP contribution >= 0.6 is 0 Å². The first kappa shape index (κ1) is 13.6. The second-order valence-corrected chi connectivity index (χ2v) is 5.83. The van der Waals surface area contributed by atoms with E-state index in [4.69, 9.17) is 0 Å². The molecule has 1 heterocycles. The number of hydrogen-bond donors (Lipinski definition) is 1. The molecule has 0 radical (unpaired) electrons. The molecule has 2 rings (SSSR count). The van der Waals surface area contributed by atoms with Gasteiger partial charge < -0.3 is 5.32 Å². The van der Waals surface area contributed by atoms with E-state index in [0.29, 0.717) is 0 Å². The fourth-order valence-corrected chi connectivity index (χ4v) is 2.54. The van der Waals surface area contributed by atoms with Crippen molar-refractivity contribution in [2.75, 3.05) is 19.6 Å². The van der Waals surface area contributed by atoms with E-state index in [0.717, 1.165) is 25.6 Å². The highest BCUT2D eigenvalue weighted by atomic mass is 15.1. The van der Waals surface area contributed by atoms with Gasteiger partial charge in [-0.15, -0.1) is 0 Å². The van der Waals surface area contributed by atoms with Crippen LogP contribution in [0, 0.1) is 5.92 Å². The van der Waals surface area contributed by atoms with E-state index in [1.807, 2.05) is 0 Å². The minimum atomic E-state index is 0.720. The first-order valence-corrected chi connectivity index (χ1v) is 7.25. The van der Waals surface area contributed by atoms with Gasteiger partial charge in [0.2, 0.25) is 0 Å². The Labute approximate surface area is 111 Å². The van der Waals surface area contributed by atoms with Crippen molar-refractivity contribution in [3.8, 4) is 0 Å². The maximum Gasteiger partial charge on any atom is 0.0233 e. The highest BCUT2D eigenvalue weighted by molar-refractivity contribution is 5.23. The molecule has 0 aliphatic carbocycles. The van der Waals surface area contributed by atoms with Crippen molar-refractivity contribution in [2.24, 2.45) is 5.92 Å². The molecule has 2 heteroatoms. The number of hydrogen-bond acceptors (Lipinski definition) is 2. The van der Waals surface area contributed by atoms with Gasteiger partial charge in [-0.2, -0.15) is 0 Å². The van der Waals surface area contributed by atoms with E-state index in [2.05, 4.69) is 48.3 Å². The third kappa shape index (κ3) is 4.43. The Hall–Kier alpha value is -0.860. The summed E-state index contributed by atoms with van der Waals surface area (Å²) in [5, 5.41) is 3.51. The van der Waals surface area contributed by atoms with Crippen LogP contribution in [0.3, 0.4) is 0 Å². The van der Waals surface area contributed by atoms with E-state index in [1.165, 1.54) is 37.1 Å². The quantitative estimate of drug-likeness (QED) is 0.830. The van der Waals surface area contributed by atoms with Crippen molar-refractivity contribution in [1.29, 1.82) is 0 Å². The maximum absolute atomic E-state index is 3.51. The molecule has 0 spiro atoms. The van der Waals surface area contributed by atoms with Crippen LogP contribution in [0.15, 0.2) is 24.3 Å². The van der Waals surface area contributed by atoms with Crippen molar-refractivity contribution in [1.82, 2.24) is 10.2 Å². The molecule has 100 valence electrons. The van der Waals surface area contributed by atoms with Gasteiger partial charge in [-0.1, -0.05) is 38.1 Å². The van der Waals surface area contributed by atoms with Crippen molar-refractivity contribution in [3.05, 3.63) is 35.4 Å². The van der Waals surface area contributed by atoms with Crippen molar-refractivity contribution < 1.29 is 0 Å². The molecule has 0 saturated carbocycles. The summed E-state index contributed by atoms with van der Waals surface area (Å²) in [4.78, 5) is 2.56. The minimum Gasteiger partial charge on any atom is -0.312 e. The van der Waals surface area contributed by atoms with Crippen molar-refractivity contribution >= 4 is 0 Å². The predicted molar refractivity (Wildman–Crippen MR) is 77.5 cm³/mol. The average molecular weight is 246 g/mol. The highest BCUT2D eigenvalue weighted by Crippen LogP contribution is 2.13. The summed E-state index contributed by atoms with van der Waals surface area (Å²) < 4.78 is 0. The largest absolute Gasteiger partial charge is 0.312 e. The molecule has 1 fully saturated rings. The summed E-state index contributed by atoms with van der Waals surface area (Å²) in [6, 6.07) is 9.02. The minimum absolute atomic E-state index is 0.720. The SMILES string of the molecule is CC(C)CNCc1cccc(CN2CCCC2)c1. The molecule has 1 aliphatic heterocycles. The Morgan fingerprint density at radius 3 is 2.61 bits per heavy atom.